The summed E-state index contributed by atoms with van der Waals surface area (Å²) in [5.74, 6) is 0.865. The normalized spacial score (nSPS) is 29.8. The first-order chi connectivity index (χ1) is 12.1. The summed E-state index contributed by atoms with van der Waals surface area (Å²) in [6.45, 7) is 3.03. The van der Waals surface area contributed by atoms with Crippen LogP contribution in [0.25, 0.3) is 0 Å². The smallest absolute Gasteiger partial charge is 0.303 e. The van der Waals surface area contributed by atoms with Gasteiger partial charge in [-0.2, -0.15) is 0 Å². The standard InChI is InChI=1S/C21H34O4/c1-2-3-6-9-17(22)12-13-18-16-14-20(25-15-16)19(18)10-7-4-5-8-11-21(23)24/h4,7,12-13,16-20,22H,2-3,5-6,8-11,14-15H2,1H3,(H,23,24)/b7-4-,13-12+/t16?,17-,18-,19+,20?/m0/s1. The summed E-state index contributed by atoms with van der Waals surface area (Å²) in [6, 6.07) is 0. The molecule has 0 radical (unpaired) electrons. The summed E-state index contributed by atoms with van der Waals surface area (Å²) in [4.78, 5) is 10.5. The molecule has 25 heavy (non-hydrogen) atoms. The Kier molecular flexibility index (Phi) is 8.70. The summed E-state index contributed by atoms with van der Waals surface area (Å²) in [5.41, 5.74) is 0. The van der Waals surface area contributed by atoms with Crippen LogP contribution >= 0.6 is 0 Å². The van der Waals surface area contributed by atoms with E-state index in [1.165, 1.54) is 12.8 Å². The number of unbranched alkanes of at least 4 members (excludes halogenated alkanes) is 3. The van der Waals surface area contributed by atoms with Gasteiger partial charge in [-0.3, -0.25) is 4.79 Å². The van der Waals surface area contributed by atoms with Gasteiger partial charge < -0.3 is 14.9 Å². The van der Waals surface area contributed by atoms with Crippen molar-refractivity contribution >= 4 is 5.97 Å². The molecule has 2 aliphatic rings. The number of rotatable bonds is 12. The second kappa shape index (κ2) is 10.8. The number of carboxylic acids is 1. The Bertz CT molecular complexity index is 457. The average Bonchev–Trinajstić information content (AvgIpc) is 3.17. The van der Waals surface area contributed by atoms with Gasteiger partial charge in [0.2, 0.25) is 0 Å². The van der Waals surface area contributed by atoms with E-state index in [-0.39, 0.29) is 12.5 Å². The lowest BCUT2D eigenvalue weighted by molar-refractivity contribution is -0.137. The lowest BCUT2D eigenvalue weighted by Gasteiger charge is -2.28. The van der Waals surface area contributed by atoms with Crippen LogP contribution in [0.4, 0.5) is 0 Å². The van der Waals surface area contributed by atoms with Crippen molar-refractivity contribution in [1.29, 1.82) is 0 Å². The van der Waals surface area contributed by atoms with Crippen molar-refractivity contribution in [3.8, 4) is 0 Å². The number of carboxylic acid groups (broad SMARTS) is 1. The number of aliphatic hydroxyl groups excluding tert-OH is 1. The van der Waals surface area contributed by atoms with Gasteiger partial charge in [-0.15, -0.1) is 0 Å². The third kappa shape index (κ3) is 6.59. The van der Waals surface area contributed by atoms with E-state index in [0.717, 1.165) is 38.7 Å². The minimum atomic E-state index is -0.724. The first kappa shape index (κ1) is 20.2. The molecule has 2 bridgehead atoms. The van der Waals surface area contributed by atoms with Crippen LogP contribution in [0.2, 0.25) is 0 Å². The van der Waals surface area contributed by atoms with E-state index in [9.17, 15) is 9.90 Å². The maximum atomic E-state index is 10.5. The largest absolute Gasteiger partial charge is 0.481 e. The maximum Gasteiger partial charge on any atom is 0.303 e. The molecule has 0 aromatic rings. The Hall–Kier alpha value is -1.13. The van der Waals surface area contributed by atoms with Crippen LogP contribution in [0.15, 0.2) is 24.3 Å². The molecule has 1 aliphatic carbocycles. The highest BCUT2D eigenvalue weighted by atomic mass is 16.5. The van der Waals surface area contributed by atoms with Gasteiger partial charge in [-0.05, 0) is 49.9 Å². The third-order valence-corrected chi connectivity index (χ3v) is 5.57. The van der Waals surface area contributed by atoms with Gasteiger partial charge in [0.1, 0.15) is 0 Å². The first-order valence-corrected chi connectivity index (χ1v) is 9.96. The molecule has 2 unspecified atom stereocenters. The molecular weight excluding hydrogens is 316 g/mol. The lowest BCUT2D eigenvalue weighted by atomic mass is 9.85. The zero-order valence-electron chi connectivity index (χ0n) is 15.5. The molecular formula is C21H34O4. The Balaban J connectivity index is 1.78. The number of fused-ring (bicyclic) bond motifs is 2. The van der Waals surface area contributed by atoms with Crippen molar-refractivity contribution in [2.45, 2.75) is 76.9 Å². The monoisotopic (exact) mass is 350 g/mol. The third-order valence-electron chi connectivity index (χ3n) is 5.57. The summed E-state index contributed by atoms with van der Waals surface area (Å²) in [5, 5.41) is 18.8. The van der Waals surface area contributed by atoms with Crippen LogP contribution < -0.4 is 0 Å². The van der Waals surface area contributed by atoms with Gasteiger partial charge in [0.05, 0.1) is 18.8 Å². The Morgan fingerprint density at radius 1 is 1.28 bits per heavy atom. The van der Waals surface area contributed by atoms with Crippen LogP contribution in [0, 0.1) is 17.8 Å². The SMILES string of the molecule is CCCCC[C@H](O)/C=C/[C@H]1C2COC(C2)[C@@H]1C/C=C\CCCC(=O)O. The summed E-state index contributed by atoms with van der Waals surface area (Å²) >= 11 is 0. The molecule has 0 spiro atoms. The van der Waals surface area contributed by atoms with Crippen molar-refractivity contribution in [2.24, 2.45) is 17.8 Å². The molecule has 142 valence electrons. The number of hydrogen-bond acceptors (Lipinski definition) is 3. The molecule has 2 fully saturated rings. The number of aliphatic carboxylic acids is 1. The van der Waals surface area contributed by atoms with Crippen molar-refractivity contribution in [3.05, 3.63) is 24.3 Å². The van der Waals surface area contributed by atoms with Crippen LogP contribution in [-0.2, 0) is 9.53 Å². The fourth-order valence-electron chi connectivity index (χ4n) is 4.15. The highest BCUT2D eigenvalue weighted by molar-refractivity contribution is 5.66. The van der Waals surface area contributed by atoms with Crippen molar-refractivity contribution in [3.63, 3.8) is 0 Å². The lowest BCUT2D eigenvalue weighted by Crippen LogP contribution is -2.27. The molecule has 4 heteroatoms. The minimum Gasteiger partial charge on any atom is -0.481 e. The summed E-state index contributed by atoms with van der Waals surface area (Å²) in [6.07, 6.45) is 16.8. The summed E-state index contributed by atoms with van der Waals surface area (Å²) < 4.78 is 5.88. The first-order valence-electron chi connectivity index (χ1n) is 9.96. The molecule has 1 aliphatic heterocycles. The molecule has 5 atom stereocenters. The molecule has 2 rings (SSSR count). The predicted octanol–water partition coefficient (Wildman–Crippen LogP) is 4.34. The molecule has 0 aromatic carbocycles. The van der Waals surface area contributed by atoms with E-state index < -0.39 is 5.97 Å². The number of aliphatic hydroxyl groups is 1. The Morgan fingerprint density at radius 3 is 2.88 bits per heavy atom. The van der Waals surface area contributed by atoms with E-state index in [2.05, 4.69) is 25.2 Å². The van der Waals surface area contributed by atoms with Gasteiger partial charge >= 0.3 is 5.97 Å². The predicted molar refractivity (Wildman–Crippen MR) is 99.4 cm³/mol. The topological polar surface area (TPSA) is 66.8 Å². The van der Waals surface area contributed by atoms with Crippen LogP contribution in [0.3, 0.4) is 0 Å². The van der Waals surface area contributed by atoms with Crippen LogP contribution in [0.5, 0.6) is 0 Å². The maximum absolute atomic E-state index is 10.5. The number of ether oxygens (including phenoxy) is 1. The molecule has 1 heterocycles. The van der Waals surface area contributed by atoms with Gasteiger partial charge in [0.15, 0.2) is 0 Å². The van der Waals surface area contributed by atoms with Crippen molar-refractivity contribution in [2.75, 3.05) is 6.61 Å². The minimum absolute atomic E-state index is 0.239. The highest BCUT2D eigenvalue weighted by Gasteiger charge is 2.46. The van der Waals surface area contributed by atoms with Gasteiger partial charge in [0.25, 0.3) is 0 Å². The average molecular weight is 350 g/mol. The van der Waals surface area contributed by atoms with Gasteiger partial charge in [-0.25, -0.2) is 0 Å². The van der Waals surface area contributed by atoms with E-state index >= 15 is 0 Å². The highest BCUT2D eigenvalue weighted by Crippen LogP contribution is 2.47. The Morgan fingerprint density at radius 2 is 2.12 bits per heavy atom. The fraction of sp³-hybridized carbons (Fsp3) is 0.762. The van der Waals surface area contributed by atoms with E-state index in [1.54, 1.807) is 0 Å². The van der Waals surface area contributed by atoms with E-state index in [1.807, 2.05) is 6.08 Å². The summed E-state index contributed by atoms with van der Waals surface area (Å²) in [7, 11) is 0. The van der Waals surface area contributed by atoms with Crippen LogP contribution in [0.1, 0.15) is 64.7 Å². The number of carbonyl (C=O) groups is 1. The van der Waals surface area contributed by atoms with E-state index in [0.29, 0.717) is 30.3 Å². The molecule has 4 nitrogen and oxygen atoms in total. The van der Waals surface area contributed by atoms with Crippen molar-refractivity contribution < 1.29 is 19.7 Å². The number of allylic oxidation sites excluding steroid dienone is 3. The molecule has 2 N–H and O–H groups in total. The second-order valence-electron chi connectivity index (χ2n) is 7.55. The fourth-order valence-corrected chi connectivity index (χ4v) is 4.15. The van der Waals surface area contributed by atoms with Gasteiger partial charge in [-0.1, -0.05) is 50.5 Å². The zero-order chi connectivity index (χ0) is 18.1. The zero-order valence-corrected chi connectivity index (χ0v) is 15.5. The molecule has 1 saturated heterocycles. The Labute approximate surface area is 152 Å². The number of hydrogen-bond donors (Lipinski definition) is 2. The molecule has 1 saturated carbocycles. The second-order valence-corrected chi connectivity index (χ2v) is 7.55. The van der Waals surface area contributed by atoms with Crippen LogP contribution in [-0.4, -0.2) is 35.0 Å². The van der Waals surface area contributed by atoms with Gasteiger partial charge in [0, 0.05) is 6.42 Å². The molecule has 0 amide bonds. The van der Waals surface area contributed by atoms with Crippen molar-refractivity contribution in [1.82, 2.24) is 0 Å². The molecule has 0 aromatic heterocycles. The van der Waals surface area contributed by atoms with E-state index in [4.69, 9.17) is 9.84 Å². The quantitative estimate of drug-likeness (QED) is 0.406.